The zero-order chi connectivity index (χ0) is 17.5. The van der Waals surface area contributed by atoms with Gasteiger partial charge in [-0.2, -0.15) is 0 Å². The summed E-state index contributed by atoms with van der Waals surface area (Å²) in [7, 11) is 0. The molecule has 3 heteroatoms. The molecule has 0 N–H and O–H groups in total. The molecule has 0 bridgehead atoms. The lowest BCUT2D eigenvalue weighted by Crippen LogP contribution is -2.24. The van der Waals surface area contributed by atoms with Crippen LogP contribution >= 0.6 is 35.7 Å². The minimum Gasteiger partial charge on any atom is -0.106 e. The Morgan fingerprint density at radius 2 is 1.12 bits per heavy atom. The van der Waals surface area contributed by atoms with Crippen LogP contribution in [0.15, 0.2) is 0 Å². The van der Waals surface area contributed by atoms with Gasteiger partial charge in [0.1, 0.15) is 3.53 Å². The van der Waals surface area contributed by atoms with Crippen LogP contribution in [-0.2, 0) is 0 Å². The van der Waals surface area contributed by atoms with E-state index < -0.39 is 0 Å². The van der Waals surface area contributed by atoms with E-state index in [0.29, 0.717) is 4.75 Å². The summed E-state index contributed by atoms with van der Waals surface area (Å²) in [4.78, 5) is 0. The molecule has 1 rings (SSSR count). The van der Waals surface area contributed by atoms with E-state index in [4.69, 9.17) is 12.2 Å². The van der Waals surface area contributed by atoms with Gasteiger partial charge in [0.25, 0.3) is 0 Å². The molecule has 0 nitrogen and oxygen atoms in total. The van der Waals surface area contributed by atoms with Crippen LogP contribution in [0, 0.1) is 0 Å². The van der Waals surface area contributed by atoms with Gasteiger partial charge in [-0.1, -0.05) is 116 Å². The van der Waals surface area contributed by atoms with Crippen LogP contribution in [0.2, 0.25) is 0 Å². The molecule has 0 aliphatic carbocycles. The first-order chi connectivity index (χ1) is 11.7. The normalized spacial score (nSPS) is 16.8. The molecule has 0 saturated carbocycles. The van der Waals surface area contributed by atoms with E-state index in [1.165, 1.54) is 112 Å². The summed E-state index contributed by atoms with van der Waals surface area (Å²) in [5.41, 5.74) is 0. The predicted octanol–water partition coefficient (Wildman–Crippen LogP) is 8.77. The van der Waals surface area contributed by atoms with Crippen molar-refractivity contribution >= 4 is 39.3 Å². The Balaban J connectivity index is 2.14. The fourth-order valence-corrected chi connectivity index (χ4v) is 7.18. The first kappa shape index (κ1) is 22.8. The van der Waals surface area contributed by atoms with E-state index in [1.807, 2.05) is 11.8 Å². The summed E-state index contributed by atoms with van der Waals surface area (Å²) in [6, 6.07) is 0. The first-order valence-corrected chi connectivity index (χ1v) is 12.8. The minimum atomic E-state index is 0.495. The third-order valence-corrected chi connectivity index (χ3v) is 8.70. The largest absolute Gasteiger partial charge is 0.106 e. The monoisotopic (exact) mass is 388 g/mol. The molecule has 1 heterocycles. The number of rotatable bonds is 16. The Labute approximate surface area is 166 Å². The highest BCUT2D eigenvalue weighted by Crippen LogP contribution is 2.48. The van der Waals surface area contributed by atoms with Crippen molar-refractivity contribution in [2.45, 2.75) is 121 Å². The first-order valence-electron chi connectivity index (χ1n) is 10.6. The Hall–Kier alpha value is 0.790. The smallest absolute Gasteiger partial charge is 0.104 e. The Morgan fingerprint density at radius 1 is 0.708 bits per heavy atom. The van der Waals surface area contributed by atoms with Gasteiger partial charge in [-0.15, -0.1) is 23.5 Å². The van der Waals surface area contributed by atoms with Crippen molar-refractivity contribution in [3.63, 3.8) is 0 Å². The number of hydrogen-bond donors (Lipinski definition) is 0. The van der Waals surface area contributed by atoms with Crippen molar-refractivity contribution in [3.8, 4) is 0 Å². The molecule has 0 aromatic rings. The summed E-state index contributed by atoms with van der Waals surface area (Å²) < 4.78 is 1.70. The summed E-state index contributed by atoms with van der Waals surface area (Å²) >= 11 is 9.49. The van der Waals surface area contributed by atoms with Gasteiger partial charge in [-0.25, -0.2) is 0 Å². The second kappa shape index (κ2) is 14.9. The molecule has 0 atom stereocenters. The van der Waals surface area contributed by atoms with Crippen molar-refractivity contribution in [3.05, 3.63) is 0 Å². The molecule has 0 radical (unpaired) electrons. The molecule has 0 aromatic carbocycles. The number of hydrogen-bond acceptors (Lipinski definition) is 3. The van der Waals surface area contributed by atoms with Crippen molar-refractivity contribution in [1.82, 2.24) is 0 Å². The predicted molar refractivity (Wildman–Crippen MR) is 121 cm³/mol. The highest BCUT2D eigenvalue weighted by molar-refractivity contribution is 8.49. The average Bonchev–Trinajstić information content (AvgIpc) is 2.94. The summed E-state index contributed by atoms with van der Waals surface area (Å²) in [6.45, 7) is 4.59. The molecule has 0 unspecified atom stereocenters. The highest BCUT2D eigenvalue weighted by Gasteiger charge is 2.37. The van der Waals surface area contributed by atoms with E-state index in [-0.39, 0.29) is 0 Å². The lowest BCUT2D eigenvalue weighted by molar-refractivity contribution is 0.472. The summed E-state index contributed by atoms with van der Waals surface area (Å²) in [5.74, 6) is 1.28. The molecular formula is C21H40S3. The topological polar surface area (TPSA) is 0 Å². The number of thiocarbonyl (C=S) groups is 1. The van der Waals surface area contributed by atoms with E-state index >= 15 is 0 Å². The van der Waals surface area contributed by atoms with Gasteiger partial charge in [0.15, 0.2) is 0 Å². The van der Waals surface area contributed by atoms with E-state index in [0.717, 1.165) is 0 Å². The lowest BCUT2D eigenvalue weighted by atomic mass is 9.94. The molecule has 24 heavy (non-hydrogen) atoms. The van der Waals surface area contributed by atoms with Crippen LogP contribution in [0.25, 0.3) is 0 Å². The lowest BCUT2D eigenvalue weighted by Gasteiger charge is -2.27. The molecule has 0 amide bonds. The molecular weight excluding hydrogens is 348 g/mol. The standard InChI is InChI=1S/C21H40S3/c1-3-5-7-9-11-13-15-17-21(19-23-20(22)24-21)18-16-14-12-10-8-6-4-2/h3-19H2,1-2H3. The zero-order valence-electron chi connectivity index (χ0n) is 16.2. The van der Waals surface area contributed by atoms with Gasteiger partial charge in [0, 0.05) is 10.5 Å². The van der Waals surface area contributed by atoms with Crippen molar-refractivity contribution < 1.29 is 0 Å². The Bertz CT molecular complexity index is 296. The zero-order valence-corrected chi connectivity index (χ0v) is 18.7. The molecule has 1 aliphatic rings. The SMILES string of the molecule is CCCCCCCCCC1(CCCCCCCCC)CSC(=S)S1. The fraction of sp³-hybridized carbons (Fsp3) is 0.952. The van der Waals surface area contributed by atoms with Crippen LogP contribution in [-0.4, -0.2) is 14.0 Å². The second-order valence-electron chi connectivity index (χ2n) is 7.57. The summed E-state index contributed by atoms with van der Waals surface area (Å²) in [5, 5.41) is 0. The van der Waals surface area contributed by atoms with Gasteiger partial charge in [-0.3, -0.25) is 0 Å². The molecule has 1 saturated heterocycles. The van der Waals surface area contributed by atoms with Gasteiger partial charge in [0.2, 0.25) is 0 Å². The van der Waals surface area contributed by atoms with Gasteiger partial charge < -0.3 is 0 Å². The van der Waals surface area contributed by atoms with Crippen LogP contribution in [0.5, 0.6) is 0 Å². The second-order valence-corrected chi connectivity index (χ2v) is 11.2. The van der Waals surface area contributed by atoms with Gasteiger partial charge in [0.05, 0.1) is 0 Å². The van der Waals surface area contributed by atoms with E-state index in [9.17, 15) is 0 Å². The molecule has 0 spiro atoms. The molecule has 0 aromatic heterocycles. The van der Waals surface area contributed by atoms with Gasteiger partial charge in [-0.05, 0) is 12.8 Å². The summed E-state index contributed by atoms with van der Waals surface area (Å²) in [6.07, 6.45) is 22.7. The Morgan fingerprint density at radius 3 is 1.50 bits per heavy atom. The number of thioether (sulfide) groups is 2. The maximum Gasteiger partial charge on any atom is 0.104 e. The molecule has 1 aliphatic heterocycles. The maximum absolute atomic E-state index is 5.49. The Kier molecular flexibility index (Phi) is 14.2. The van der Waals surface area contributed by atoms with Crippen molar-refractivity contribution in [2.24, 2.45) is 0 Å². The molecule has 142 valence electrons. The van der Waals surface area contributed by atoms with Crippen molar-refractivity contribution in [1.29, 1.82) is 0 Å². The van der Waals surface area contributed by atoms with Crippen molar-refractivity contribution in [2.75, 3.05) is 5.75 Å². The quantitative estimate of drug-likeness (QED) is 0.191. The van der Waals surface area contributed by atoms with E-state index in [2.05, 4.69) is 25.6 Å². The highest BCUT2D eigenvalue weighted by atomic mass is 32.2. The maximum atomic E-state index is 5.49. The average molecular weight is 389 g/mol. The third-order valence-electron chi connectivity index (χ3n) is 5.22. The van der Waals surface area contributed by atoms with E-state index in [1.54, 1.807) is 0 Å². The van der Waals surface area contributed by atoms with Crippen LogP contribution in [0.3, 0.4) is 0 Å². The fourth-order valence-electron chi connectivity index (χ4n) is 3.61. The minimum absolute atomic E-state index is 0.495. The van der Waals surface area contributed by atoms with Crippen LogP contribution < -0.4 is 0 Å². The van der Waals surface area contributed by atoms with Crippen LogP contribution in [0.1, 0.15) is 117 Å². The van der Waals surface area contributed by atoms with Crippen LogP contribution in [0.4, 0.5) is 0 Å². The third kappa shape index (κ3) is 10.7. The molecule has 1 fully saturated rings. The van der Waals surface area contributed by atoms with Gasteiger partial charge >= 0.3 is 0 Å². The number of unbranched alkanes of at least 4 members (excludes halogenated alkanes) is 12.